The normalized spacial score (nSPS) is 18.8. The number of benzene rings is 1. The number of rotatable bonds is 2. The van der Waals surface area contributed by atoms with E-state index in [0.29, 0.717) is 5.69 Å². The van der Waals surface area contributed by atoms with E-state index in [2.05, 4.69) is 11.1 Å². The van der Waals surface area contributed by atoms with Crippen molar-refractivity contribution >= 4 is 5.69 Å². The molecular formula is C20H21F3N2O. The van der Waals surface area contributed by atoms with Gasteiger partial charge in [0.25, 0.3) is 0 Å². The van der Waals surface area contributed by atoms with Crippen molar-refractivity contribution in [3.05, 3.63) is 53.3 Å². The van der Waals surface area contributed by atoms with Crippen LogP contribution < -0.4 is 9.64 Å². The zero-order chi connectivity index (χ0) is 18.4. The number of anilines is 1. The number of halogens is 3. The topological polar surface area (TPSA) is 25.4 Å². The molecule has 1 aromatic heterocycles. The number of methoxy groups -OCH3 is 1. The maximum atomic E-state index is 13.3. The highest BCUT2D eigenvalue weighted by atomic mass is 19.4. The van der Waals surface area contributed by atoms with E-state index in [-0.39, 0.29) is 11.2 Å². The molecule has 0 bridgehead atoms. The molecule has 6 heteroatoms. The Morgan fingerprint density at radius 1 is 1.12 bits per heavy atom. The van der Waals surface area contributed by atoms with Gasteiger partial charge in [-0.1, -0.05) is 6.07 Å². The van der Waals surface area contributed by atoms with Crippen molar-refractivity contribution in [3.63, 3.8) is 0 Å². The fourth-order valence-corrected chi connectivity index (χ4v) is 4.40. The molecule has 0 atom stereocenters. The van der Waals surface area contributed by atoms with Crippen LogP contribution in [-0.4, -0.2) is 25.2 Å². The number of nitrogens with zero attached hydrogens (tertiary/aromatic N) is 2. The first-order valence-corrected chi connectivity index (χ1v) is 8.87. The lowest BCUT2D eigenvalue weighted by Crippen LogP contribution is -2.42. The predicted molar refractivity (Wildman–Crippen MR) is 93.7 cm³/mol. The van der Waals surface area contributed by atoms with Gasteiger partial charge >= 0.3 is 6.18 Å². The van der Waals surface area contributed by atoms with E-state index in [9.17, 15) is 13.2 Å². The Bertz CT molecular complexity index is 811. The Hall–Kier alpha value is -2.24. The fourth-order valence-electron chi connectivity index (χ4n) is 4.40. The van der Waals surface area contributed by atoms with E-state index in [1.807, 2.05) is 17.2 Å². The monoisotopic (exact) mass is 362 g/mol. The molecule has 1 saturated heterocycles. The fraction of sp³-hybridized carbons (Fsp3) is 0.450. The molecule has 0 N–H and O–H groups in total. The Balaban J connectivity index is 1.56. The summed E-state index contributed by atoms with van der Waals surface area (Å²) in [4.78, 5) is 6.66. The number of pyridine rings is 1. The quantitative estimate of drug-likeness (QED) is 0.781. The molecule has 4 rings (SSSR count). The van der Waals surface area contributed by atoms with Gasteiger partial charge in [-0.15, -0.1) is 0 Å². The van der Waals surface area contributed by atoms with Crippen LogP contribution in [-0.2, 0) is 18.0 Å². The van der Waals surface area contributed by atoms with Gasteiger partial charge in [0.2, 0.25) is 0 Å². The Morgan fingerprint density at radius 3 is 2.58 bits per heavy atom. The second-order valence-electron chi connectivity index (χ2n) is 7.16. The largest absolute Gasteiger partial charge is 0.496 e. The third-order valence-corrected chi connectivity index (χ3v) is 5.84. The number of hydrogen-bond donors (Lipinski definition) is 0. The van der Waals surface area contributed by atoms with Crippen LogP contribution in [0.5, 0.6) is 5.75 Å². The van der Waals surface area contributed by atoms with E-state index >= 15 is 0 Å². The smallest absolute Gasteiger partial charge is 0.420 e. The minimum Gasteiger partial charge on any atom is -0.496 e. The molecule has 2 aromatic rings. The molecule has 1 aliphatic carbocycles. The van der Waals surface area contributed by atoms with Gasteiger partial charge in [-0.3, -0.25) is 4.98 Å². The van der Waals surface area contributed by atoms with Crippen LogP contribution in [0.3, 0.4) is 0 Å². The summed E-state index contributed by atoms with van der Waals surface area (Å²) in [7, 11) is 1.26. The van der Waals surface area contributed by atoms with Crippen LogP contribution in [0.4, 0.5) is 18.9 Å². The van der Waals surface area contributed by atoms with Crippen LogP contribution in [0.25, 0.3) is 0 Å². The third kappa shape index (κ3) is 2.81. The summed E-state index contributed by atoms with van der Waals surface area (Å²) in [5.41, 5.74) is 2.50. The number of aromatic nitrogens is 1. The van der Waals surface area contributed by atoms with Gasteiger partial charge in [0.1, 0.15) is 5.75 Å². The van der Waals surface area contributed by atoms with Crippen LogP contribution >= 0.6 is 0 Å². The average molecular weight is 362 g/mol. The van der Waals surface area contributed by atoms with Gasteiger partial charge in [0, 0.05) is 36.1 Å². The number of fused-ring (bicyclic) bond motifs is 2. The first-order chi connectivity index (χ1) is 12.4. The van der Waals surface area contributed by atoms with Crippen molar-refractivity contribution in [3.8, 4) is 5.75 Å². The molecule has 3 nitrogen and oxygen atoms in total. The third-order valence-electron chi connectivity index (χ3n) is 5.84. The van der Waals surface area contributed by atoms with Gasteiger partial charge in [-0.2, -0.15) is 13.2 Å². The van der Waals surface area contributed by atoms with Crippen molar-refractivity contribution in [2.75, 3.05) is 25.1 Å². The summed E-state index contributed by atoms with van der Waals surface area (Å²) < 4.78 is 44.7. The summed E-state index contributed by atoms with van der Waals surface area (Å²) in [5.74, 6) is -0.136. The van der Waals surface area contributed by atoms with Crippen molar-refractivity contribution in [1.82, 2.24) is 4.98 Å². The lowest BCUT2D eigenvalue weighted by atomic mass is 9.76. The summed E-state index contributed by atoms with van der Waals surface area (Å²) in [6.45, 7) is 1.47. The highest BCUT2D eigenvalue weighted by Gasteiger charge is 2.42. The van der Waals surface area contributed by atoms with Gasteiger partial charge < -0.3 is 9.64 Å². The van der Waals surface area contributed by atoms with E-state index in [0.717, 1.165) is 38.8 Å². The molecule has 1 aromatic carbocycles. The highest BCUT2D eigenvalue weighted by molar-refractivity contribution is 5.55. The molecule has 1 aliphatic heterocycles. The van der Waals surface area contributed by atoms with Gasteiger partial charge in [0.05, 0.1) is 12.7 Å². The zero-order valence-electron chi connectivity index (χ0n) is 14.6. The standard InChI is InChI=1S/C20H21F3N2O/c1-26-17-5-4-15(13-16(17)20(21,22)23)25-11-8-19(9-12-25)7-6-14-3-2-10-24-18(14)19/h2-5,10,13H,6-9,11-12H2,1H3. The molecule has 2 heterocycles. The van der Waals surface area contributed by atoms with Gasteiger partial charge in [-0.05, 0) is 55.5 Å². The Kier molecular flexibility index (Phi) is 4.09. The first kappa shape index (κ1) is 17.2. The minimum atomic E-state index is -4.42. The maximum Gasteiger partial charge on any atom is 0.420 e. The Labute approximate surface area is 150 Å². The molecule has 0 unspecified atom stereocenters. The lowest BCUT2D eigenvalue weighted by Gasteiger charge is -2.40. The van der Waals surface area contributed by atoms with Crippen molar-refractivity contribution in [2.45, 2.75) is 37.3 Å². The predicted octanol–water partition coefficient (Wildman–Crippen LogP) is 4.59. The lowest BCUT2D eigenvalue weighted by molar-refractivity contribution is -0.138. The summed E-state index contributed by atoms with van der Waals surface area (Å²) >= 11 is 0. The summed E-state index contributed by atoms with van der Waals surface area (Å²) in [6, 6.07) is 8.45. The van der Waals surface area contributed by atoms with Gasteiger partial charge in [0.15, 0.2) is 0 Å². The van der Waals surface area contributed by atoms with E-state index in [1.165, 1.54) is 30.5 Å². The number of piperidine rings is 1. The molecule has 1 spiro atoms. The second kappa shape index (κ2) is 6.18. The highest BCUT2D eigenvalue weighted by Crippen LogP contribution is 2.46. The molecule has 0 amide bonds. The van der Waals surface area contributed by atoms with Crippen molar-refractivity contribution in [1.29, 1.82) is 0 Å². The minimum absolute atomic E-state index is 0.0897. The van der Waals surface area contributed by atoms with Crippen LogP contribution in [0.1, 0.15) is 36.1 Å². The zero-order valence-corrected chi connectivity index (χ0v) is 14.6. The number of ether oxygens (including phenoxy) is 1. The number of hydrogen-bond acceptors (Lipinski definition) is 3. The van der Waals surface area contributed by atoms with E-state index < -0.39 is 11.7 Å². The molecule has 2 aliphatic rings. The Morgan fingerprint density at radius 2 is 1.88 bits per heavy atom. The SMILES string of the molecule is COc1ccc(N2CCC3(CCc4cccnc43)CC2)cc1C(F)(F)F. The molecule has 0 radical (unpaired) electrons. The molecule has 0 saturated carbocycles. The maximum absolute atomic E-state index is 13.3. The summed E-state index contributed by atoms with van der Waals surface area (Å²) in [6.07, 6.45) is 1.40. The average Bonchev–Trinajstić information content (AvgIpc) is 3.00. The van der Waals surface area contributed by atoms with Gasteiger partial charge in [-0.25, -0.2) is 0 Å². The number of aryl methyl sites for hydroxylation is 1. The van der Waals surface area contributed by atoms with E-state index in [1.54, 1.807) is 6.07 Å². The first-order valence-electron chi connectivity index (χ1n) is 8.87. The van der Waals surface area contributed by atoms with Crippen LogP contribution in [0, 0.1) is 0 Å². The van der Waals surface area contributed by atoms with Crippen LogP contribution in [0.15, 0.2) is 36.5 Å². The number of alkyl halides is 3. The molecule has 138 valence electrons. The van der Waals surface area contributed by atoms with Crippen molar-refractivity contribution < 1.29 is 17.9 Å². The molecule has 26 heavy (non-hydrogen) atoms. The summed E-state index contributed by atoms with van der Waals surface area (Å²) in [5, 5.41) is 0. The van der Waals surface area contributed by atoms with Crippen LogP contribution in [0.2, 0.25) is 0 Å². The van der Waals surface area contributed by atoms with E-state index in [4.69, 9.17) is 4.74 Å². The second-order valence-corrected chi connectivity index (χ2v) is 7.16. The van der Waals surface area contributed by atoms with Crippen molar-refractivity contribution in [2.24, 2.45) is 0 Å². The molecular weight excluding hydrogens is 341 g/mol. The molecule has 1 fully saturated rings.